The first kappa shape index (κ1) is 17.8. The van der Waals surface area contributed by atoms with Crippen LogP contribution in [0.1, 0.15) is 0 Å². The monoisotopic (exact) mass is 580 g/mol. The van der Waals surface area contributed by atoms with Crippen LogP contribution in [0.3, 0.4) is 0 Å². The van der Waals surface area contributed by atoms with Gasteiger partial charge in [0.2, 0.25) is 0 Å². The van der Waals surface area contributed by atoms with Gasteiger partial charge < -0.3 is 9.05 Å². The second-order valence-electron chi connectivity index (χ2n) is 3.76. The Kier molecular flexibility index (Phi) is 6.25. The van der Waals surface area contributed by atoms with Crippen LogP contribution in [0.5, 0.6) is 11.5 Å². The Balaban J connectivity index is 2.20. The van der Waals surface area contributed by atoms with E-state index in [2.05, 4.69) is 63.7 Å². The fourth-order valence-corrected chi connectivity index (χ4v) is 5.13. The van der Waals surface area contributed by atoms with Gasteiger partial charge in [-0.25, -0.2) is 4.57 Å². The Morgan fingerprint density at radius 1 is 0.810 bits per heavy atom. The first-order valence-corrected chi connectivity index (χ1v) is 11.0. The van der Waals surface area contributed by atoms with Gasteiger partial charge >= 0.3 is 6.95 Å². The van der Waals surface area contributed by atoms with Crippen molar-refractivity contribution in [3.8, 4) is 11.5 Å². The van der Waals surface area contributed by atoms with E-state index in [1.165, 1.54) is 0 Å². The molecule has 0 saturated carbocycles. The molecular formula is C12H6Br4ClO3P. The van der Waals surface area contributed by atoms with Crippen molar-refractivity contribution in [1.82, 2.24) is 0 Å². The summed E-state index contributed by atoms with van der Waals surface area (Å²) in [4.78, 5) is 0. The number of halogens is 5. The molecule has 2 rings (SSSR count). The van der Waals surface area contributed by atoms with Gasteiger partial charge in [0.15, 0.2) is 0 Å². The van der Waals surface area contributed by atoms with Crippen molar-refractivity contribution in [2.75, 3.05) is 0 Å². The molecule has 0 aromatic heterocycles. The fourth-order valence-electron chi connectivity index (χ4n) is 1.35. The van der Waals surface area contributed by atoms with Gasteiger partial charge in [0, 0.05) is 20.2 Å². The topological polar surface area (TPSA) is 35.5 Å². The molecule has 0 bridgehead atoms. The predicted octanol–water partition coefficient (Wildman–Crippen LogP) is 7.54. The summed E-state index contributed by atoms with van der Waals surface area (Å²) < 4.78 is 25.7. The molecule has 0 fully saturated rings. The molecular weight excluding hydrogens is 578 g/mol. The highest BCUT2D eigenvalue weighted by Crippen LogP contribution is 2.55. The smallest absolute Gasteiger partial charge is 0.404 e. The summed E-state index contributed by atoms with van der Waals surface area (Å²) in [7, 11) is 0. The van der Waals surface area contributed by atoms with Crippen LogP contribution in [-0.4, -0.2) is 0 Å². The van der Waals surface area contributed by atoms with Crippen molar-refractivity contribution in [3.63, 3.8) is 0 Å². The summed E-state index contributed by atoms with van der Waals surface area (Å²) in [6.07, 6.45) is 0. The number of hydrogen-bond acceptors (Lipinski definition) is 3. The lowest BCUT2D eigenvalue weighted by atomic mass is 10.3. The second-order valence-corrected chi connectivity index (χ2v) is 9.77. The molecule has 3 nitrogen and oxygen atoms in total. The van der Waals surface area contributed by atoms with Crippen molar-refractivity contribution in [2.45, 2.75) is 0 Å². The van der Waals surface area contributed by atoms with Gasteiger partial charge in [0.1, 0.15) is 11.5 Å². The van der Waals surface area contributed by atoms with E-state index >= 15 is 0 Å². The fraction of sp³-hybridized carbons (Fsp3) is 0. The van der Waals surface area contributed by atoms with E-state index < -0.39 is 6.95 Å². The normalized spacial score (nSPS) is 11.3. The molecule has 0 heterocycles. The van der Waals surface area contributed by atoms with Crippen LogP contribution in [0, 0.1) is 0 Å². The average Bonchev–Trinajstić information content (AvgIpc) is 2.36. The molecule has 0 aliphatic rings. The van der Waals surface area contributed by atoms with Gasteiger partial charge in [-0.05, 0) is 68.3 Å². The molecule has 2 aromatic carbocycles. The first-order valence-electron chi connectivity index (χ1n) is 5.36. The molecule has 2 aromatic rings. The van der Waals surface area contributed by atoms with Gasteiger partial charge in [-0.3, -0.25) is 0 Å². The van der Waals surface area contributed by atoms with Crippen LogP contribution in [0.15, 0.2) is 54.3 Å². The molecule has 9 heteroatoms. The van der Waals surface area contributed by atoms with Crippen molar-refractivity contribution in [2.24, 2.45) is 0 Å². The summed E-state index contributed by atoms with van der Waals surface area (Å²) in [5.74, 6) is 0.648. The molecule has 0 radical (unpaired) electrons. The Morgan fingerprint density at radius 3 is 1.52 bits per heavy atom. The number of rotatable bonds is 4. The van der Waals surface area contributed by atoms with Crippen molar-refractivity contribution in [1.29, 1.82) is 0 Å². The summed E-state index contributed by atoms with van der Waals surface area (Å²) in [5, 5.41) is 0. The molecule has 21 heavy (non-hydrogen) atoms. The van der Waals surface area contributed by atoms with E-state index in [4.69, 9.17) is 20.3 Å². The third-order valence-corrected chi connectivity index (χ3v) is 5.67. The maximum absolute atomic E-state index is 12.3. The highest BCUT2D eigenvalue weighted by Gasteiger charge is 2.27. The van der Waals surface area contributed by atoms with E-state index in [0.29, 0.717) is 20.4 Å². The molecule has 0 spiro atoms. The predicted molar refractivity (Wildman–Crippen MR) is 98.4 cm³/mol. The van der Waals surface area contributed by atoms with Gasteiger partial charge in [0.05, 0.1) is 8.95 Å². The van der Waals surface area contributed by atoms with Gasteiger partial charge in [-0.1, -0.05) is 31.9 Å². The third kappa shape index (κ3) is 5.26. The Hall–Kier alpha value is 0.480. The standard InChI is InChI=1S/C12H6Br4ClO3P/c13-7-1-3-11(9(15)5-7)19-21(17,18)20-12-4-2-8(14)6-10(12)16/h1-6H. The lowest BCUT2D eigenvalue weighted by Crippen LogP contribution is -1.96. The van der Waals surface area contributed by atoms with Gasteiger partial charge in [0.25, 0.3) is 0 Å². The minimum atomic E-state index is -3.84. The van der Waals surface area contributed by atoms with Crippen molar-refractivity contribution in [3.05, 3.63) is 54.3 Å². The average molecular weight is 584 g/mol. The summed E-state index contributed by atoms with van der Waals surface area (Å²) in [5.41, 5.74) is 0. The molecule has 0 amide bonds. The minimum Gasteiger partial charge on any atom is -0.404 e. The lowest BCUT2D eigenvalue weighted by Gasteiger charge is -2.15. The number of benzene rings is 2. The second kappa shape index (κ2) is 7.37. The van der Waals surface area contributed by atoms with Crippen LogP contribution >= 0.6 is 81.9 Å². The van der Waals surface area contributed by atoms with Gasteiger partial charge in [-0.2, -0.15) is 0 Å². The SMILES string of the molecule is O=P(Cl)(Oc1ccc(Br)cc1Br)Oc1ccc(Br)cc1Br. The molecule has 0 aliphatic carbocycles. The molecule has 0 saturated heterocycles. The van der Waals surface area contributed by atoms with E-state index in [1.807, 2.05) is 0 Å². The highest BCUT2D eigenvalue weighted by atomic mass is 79.9. The van der Waals surface area contributed by atoms with Crippen LogP contribution in [-0.2, 0) is 4.57 Å². The van der Waals surface area contributed by atoms with Gasteiger partial charge in [-0.15, -0.1) is 0 Å². The largest absolute Gasteiger partial charge is 0.530 e. The highest BCUT2D eigenvalue weighted by molar-refractivity contribution is 9.11. The molecule has 0 N–H and O–H groups in total. The zero-order chi connectivity index (χ0) is 15.6. The summed E-state index contributed by atoms with van der Waals surface area (Å²) in [6.45, 7) is -3.84. The van der Waals surface area contributed by atoms with E-state index in [-0.39, 0.29) is 0 Å². The van der Waals surface area contributed by atoms with Crippen LogP contribution in [0.25, 0.3) is 0 Å². The molecule has 0 atom stereocenters. The number of hydrogen-bond donors (Lipinski definition) is 0. The first-order chi connectivity index (χ1) is 9.77. The summed E-state index contributed by atoms with van der Waals surface area (Å²) >= 11 is 19.1. The molecule has 0 aliphatic heterocycles. The Morgan fingerprint density at radius 2 is 1.19 bits per heavy atom. The quantitative estimate of drug-likeness (QED) is 0.349. The third-order valence-electron chi connectivity index (χ3n) is 2.20. The van der Waals surface area contributed by atoms with E-state index in [9.17, 15) is 4.57 Å². The Labute approximate surface area is 160 Å². The minimum absolute atomic E-state index is 0.324. The van der Waals surface area contributed by atoms with E-state index in [0.717, 1.165) is 8.95 Å². The van der Waals surface area contributed by atoms with Crippen LogP contribution < -0.4 is 9.05 Å². The van der Waals surface area contributed by atoms with Crippen LogP contribution in [0.4, 0.5) is 0 Å². The zero-order valence-corrected chi connectivity index (χ0v) is 18.0. The van der Waals surface area contributed by atoms with E-state index in [1.54, 1.807) is 36.4 Å². The molecule has 112 valence electrons. The lowest BCUT2D eigenvalue weighted by molar-refractivity contribution is 0.404. The maximum atomic E-state index is 12.3. The van der Waals surface area contributed by atoms with Crippen LogP contribution in [0.2, 0.25) is 0 Å². The van der Waals surface area contributed by atoms with Crippen molar-refractivity contribution >= 4 is 81.9 Å². The Bertz CT molecular complexity index is 668. The molecule has 0 unspecified atom stereocenters. The summed E-state index contributed by atoms with van der Waals surface area (Å²) in [6, 6.07) is 10.2. The van der Waals surface area contributed by atoms with Crippen molar-refractivity contribution < 1.29 is 13.6 Å². The maximum Gasteiger partial charge on any atom is 0.530 e. The zero-order valence-electron chi connectivity index (χ0n) is 10.0.